The van der Waals surface area contributed by atoms with Crippen LogP contribution in [0.3, 0.4) is 0 Å². The van der Waals surface area contributed by atoms with Crippen LogP contribution < -0.4 is 10.9 Å². The molecule has 0 spiro atoms. The van der Waals surface area contributed by atoms with Crippen molar-refractivity contribution >= 4 is 17.3 Å². The Balaban J connectivity index is 1.91. The Labute approximate surface area is 113 Å². The molecule has 0 unspecified atom stereocenters. The van der Waals surface area contributed by atoms with Crippen LogP contribution in [0.4, 0.5) is 5.69 Å². The Morgan fingerprint density at radius 1 is 1.06 bits per heavy atom. The van der Waals surface area contributed by atoms with Crippen molar-refractivity contribution in [3.05, 3.63) is 64.7 Å². The van der Waals surface area contributed by atoms with Gasteiger partial charge in [-0.05, 0) is 35.7 Å². The highest BCUT2D eigenvalue weighted by Crippen LogP contribution is 2.18. The average molecular weight is 261 g/mol. The van der Waals surface area contributed by atoms with Crippen molar-refractivity contribution in [2.24, 2.45) is 0 Å². The van der Waals surface area contributed by atoms with Gasteiger partial charge in [-0.2, -0.15) is 0 Å². The normalized spacial score (nSPS) is 10.3. The lowest BCUT2D eigenvalue weighted by Gasteiger charge is -2.10. The molecule has 0 fully saturated rings. The first-order valence-electron chi connectivity index (χ1n) is 6.11. The van der Waals surface area contributed by atoms with Crippen LogP contribution in [-0.2, 0) is 13.0 Å². The van der Waals surface area contributed by atoms with Gasteiger partial charge in [0.05, 0.1) is 0 Å². The Kier molecular flexibility index (Phi) is 4.62. The van der Waals surface area contributed by atoms with E-state index >= 15 is 0 Å². The van der Waals surface area contributed by atoms with Crippen molar-refractivity contribution in [1.29, 1.82) is 0 Å². The summed E-state index contributed by atoms with van der Waals surface area (Å²) in [7, 11) is 0. The SMILES string of the molecule is CCc1cc(CNNc2ccccc2)ccc1Cl. The summed E-state index contributed by atoms with van der Waals surface area (Å²) < 4.78 is 0. The highest BCUT2D eigenvalue weighted by molar-refractivity contribution is 6.31. The lowest BCUT2D eigenvalue weighted by molar-refractivity contribution is 0.800. The summed E-state index contributed by atoms with van der Waals surface area (Å²) in [5, 5.41) is 0.845. The van der Waals surface area contributed by atoms with E-state index < -0.39 is 0 Å². The van der Waals surface area contributed by atoms with Crippen LogP contribution >= 0.6 is 11.6 Å². The van der Waals surface area contributed by atoms with Crippen LogP contribution in [-0.4, -0.2) is 0 Å². The van der Waals surface area contributed by atoms with Crippen LogP contribution in [0.15, 0.2) is 48.5 Å². The maximum Gasteiger partial charge on any atom is 0.0487 e. The molecule has 0 aliphatic carbocycles. The van der Waals surface area contributed by atoms with E-state index in [1.807, 2.05) is 42.5 Å². The Morgan fingerprint density at radius 2 is 1.83 bits per heavy atom. The van der Waals surface area contributed by atoms with E-state index in [4.69, 9.17) is 11.6 Å². The number of hydrogen-bond acceptors (Lipinski definition) is 2. The predicted octanol–water partition coefficient (Wildman–Crippen LogP) is 4.02. The molecular formula is C15H17ClN2. The van der Waals surface area contributed by atoms with E-state index in [-0.39, 0.29) is 0 Å². The highest BCUT2D eigenvalue weighted by atomic mass is 35.5. The van der Waals surface area contributed by atoms with Gasteiger partial charge in [0.1, 0.15) is 0 Å². The number of benzene rings is 2. The zero-order valence-corrected chi connectivity index (χ0v) is 11.2. The number of halogens is 1. The molecule has 2 nitrogen and oxygen atoms in total. The van der Waals surface area contributed by atoms with E-state index in [1.54, 1.807) is 0 Å². The molecular weight excluding hydrogens is 244 g/mol. The van der Waals surface area contributed by atoms with E-state index in [2.05, 4.69) is 23.8 Å². The molecule has 2 aromatic rings. The van der Waals surface area contributed by atoms with E-state index in [1.165, 1.54) is 11.1 Å². The smallest absolute Gasteiger partial charge is 0.0487 e. The predicted molar refractivity (Wildman–Crippen MR) is 77.7 cm³/mol. The lowest BCUT2D eigenvalue weighted by Crippen LogP contribution is -2.20. The van der Waals surface area contributed by atoms with Crippen LogP contribution in [0.1, 0.15) is 18.1 Å². The fourth-order valence-electron chi connectivity index (χ4n) is 1.78. The maximum atomic E-state index is 6.09. The summed E-state index contributed by atoms with van der Waals surface area (Å²) in [6, 6.07) is 16.2. The van der Waals surface area contributed by atoms with Gasteiger partial charge < -0.3 is 5.43 Å². The summed E-state index contributed by atoms with van der Waals surface area (Å²) in [4.78, 5) is 0. The fraction of sp³-hybridized carbons (Fsp3) is 0.200. The number of para-hydroxylation sites is 1. The monoisotopic (exact) mass is 260 g/mol. The van der Waals surface area contributed by atoms with Crippen molar-refractivity contribution in [1.82, 2.24) is 5.43 Å². The molecule has 0 amide bonds. The van der Waals surface area contributed by atoms with Gasteiger partial charge in [-0.3, -0.25) is 0 Å². The lowest BCUT2D eigenvalue weighted by atomic mass is 10.1. The summed E-state index contributed by atoms with van der Waals surface area (Å²) in [6.45, 7) is 2.87. The van der Waals surface area contributed by atoms with Crippen LogP contribution in [0.25, 0.3) is 0 Å². The molecule has 0 aromatic heterocycles. The van der Waals surface area contributed by atoms with Crippen LogP contribution in [0.5, 0.6) is 0 Å². The van der Waals surface area contributed by atoms with Gasteiger partial charge in [0.15, 0.2) is 0 Å². The first-order valence-corrected chi connectivity index (χ1v) is 6.48. The van der Waals surface area contributed by atoms with E-state index in [0.717, 1.165) is 23.7 Å². The quantitative estimate of drug-likeness (QED) is 0.794. The number of hydrogen-bond donors (Lipinski definition) is 2. The molecule has 2 aromatic carbocycles. The average Bonchev–Trinajstić information content (AvgIpc) is 2.42. The van der Waals surface area contributed by atoms with Gasteiger partial charge in [-0.15, -0.1) is 0 Å². The van der Waals surface area contributed by atoms with Gasteiger partial charge in [0.2, 0.25) is 0 Å². The molecule has 0 aliphatic heterocycles. The van der Waals surface area contributed by atoms with E-state index in [9.17, 15) is 0 Å². The molecule has 2 N–H and O–H groups in total. The van der Waals surface area contributed by atoms with Gasteiger partial charge in [0, 0.05) is 17.3 Å². The standard InChI is InChI=1S/C15H17ClN2/c1-2-13-10-12(8-9-15(13)16)11-17-18-14-6-4-3-5-7-14/h3-10,17-18H,2,11H2,1H3. The Bertz CT molecular complexity index is 497. The third-order valence-corrected chi connectivity index (χ3v) is 3.16. The van der Waals surface area contributed by atoms with Crippen molar-refractivity contribution in [2.75, 3.05) is 5.43 Å². The zero-order chi connectivity index (χ0) is 12.8. The third kappa shape index (κ3) is 3.49. The molecule has 0 aliphatic rings. The first-order chi connectivity index (χ1) is 8.79. The summed E-state index contributed by atoms with van der Waals surface area (Å²) in [5.41, 5.74) is 9.83. The number of aryl methyl sites for hydroxylation is 1. The molecule has 18 heavy (non-hydrogen) atoms. The number of nitrogens with one attached hydrogen (secondary N) is 2. The minimum atomic E-state index is 0.763. The second-order valence-electron chi connectivity index (χ2n) is 4.12. The molecule has 0 atom stereocenters. The topological polar surface area (TPSA) is 24.1 Å². The second-order valence-corrected chi connectivity index (χ2v) is 4.53. The molecule has 0 radical (unpaired) electrons. The summed E-state index contributed by atoms with van der Waals surface area (Å²) in [5.74, 6) is 0. The molecule has 0 bridgehead atoms. The minimum absolute atomic E-state index is 0.763. The first kappa shape index (κ1) is 12.9. The van der Waals surface area contributed by atoms with Crippen molar-refractivity contribution < 1.29 is 0 Å². The van der Waals surface area contributed by atoms with Crippen molar-refractivity contribution in [2.45, 2.75) is 19.9 Å². The second kappa shape index (κ2) is 6.43. The van der Waals surface area contributed by atoms with Crippen LogP contribution in [0, 0.1) is 0 Å². The van der Waals surface area contributed by atoms with Crippen molar-refractivity contribution in [3.63, 3.8) is 0 Å². The maximum absolute atomic E-state index is 6.09. The molecule has 94 valence electrons. The molecule has 2 rings (SSSR count). The van der Waals surface area contributed by atoms with Crippen LogP contribution in [0.2, 0.25) is 5.02 Å². The van der Waals surface area contributed by atoms with Gasteiger partial charge in [-0.25, -0.2) is 5.43 Å². The summed E-state index contributed by atoms with van der Waals surface area (Å²) >= 11 is 6.09. The van der Waals surface area contributed by atoms with Gasteiger partial charge in [0.25, 0.3) is 0 Å². The fourth-order valence-corrected chi connectivity index (χ4v) is 2.03. The third-order valence-electron chi connectivity index (χ3n) is 2.79. The minimum Gasteiger partial charge on any atom is -0.321 e. The van der Waals surface area contributed by atoms with Crippen molar-refractivity contribution in [3.8, 4) is 0 Å². The molecule has 3 heteroatoms. The number of anilines is 1. The number of rotatable bonds is 5. The van der Waals surface area contributed by atoms with Gasteiger partial charge >= 0.3 is 0 Å². The molecule has 0 heterocycles. The summed E-state index contributed by atoms with van der Waals surface area (Å²) in [6.07, 6.45) is 0.957. The molecule has 0 saturated carbocycles. The highest BCUT2D eigenvalue weighted by Gasteiger charge is 2.00. The largest absolute Gasteiger partial charge is 0.321 e. The van der Waals surface area contributed by atoms with Gasteiger partial charge in [-0.1, -0.05) is 48.9 Å². The number of hydrazine groups is 1. The Hall–Kier alpha value is -1.51. The Morgan fingerprint density at radius 3 is 2.56 bits per heavy atom. The van der Waals surface area contributed by atoms with E-state index in [0.29, 0.717) is 0 Å². The zero-order valence-electron chi connectivity index (χ0n) is 10.4. The molecule has 0 saturated heterocycles.